The molecule has 18 heteroatoms. The topological polar surface area (TPSA) is 268 Å². The average molecular weight is 1250 g/mol. The van der Waals surface area contributed by atoms with Gasteiger partial charge < -0.3 is 58.9 Å². The maximum atomic E-state index is 14.1. The molecule has 0 aromatic heterocycles. The van der Waals surface area contributed by atoms with Crippen LogP contribution in [0.4, 0.5) is 0 Å². The number of carbonyl (C=O) groups excluding carboxylic acids is 2. The molecule has 2 heterocycles. The Morgan fingerprint density at radius 1 is 0.465 bits per heavy atom. The van der Waals surface area contributed by atoms with E-state index in [1.54, 1.807) is 6.92 Å². The molecule has 2 aliphatic rings. The van der Waals surface area contributed by atoms with Gasteiger partial charge in [0.15, 0.2) is 24.6 Å². The van der Waals surface area contributed by atoms with Crippen molar-refractivity contribution in [2.45, 2.75) is 361 Å². The molecule has 19 atom stereocenters. The number of carbonyl (C=O) groups is 2. The lowest BCUT2D eigenvalue weighted by Crippen LogP contribution is -2.65. The molecule has 2 fully saturated rings. The lowest BCUT2D eigenvalue weighted by molar-refractivity contribution is -0.374. The molecule has 0 saturated carbocycles. The van der Waals surface area contributed by atoms with Crippen molar-refractivity contribution in [2.24, 2.45) is 47.3 Å². The number of unbranched alkanes of at least 4 members (excludes halogenated alkanes) is 24. The van der Waals surface area contributed by atoms with E-state index in [0.717, 1.165) is 83.5 Å². The van der Waals surface area contributed by atoms with E-state index in [1.165, 1.54) is 122 Å². The highest BCUT2D eigenvalue weighted by atomic mass is 32.3. The minimum absolute atomic E-state index is 0.0632. The maximum absolute atomic E-state index is 14.1. The van der Waals surface area contributed by atoms with E-state index in [9.17, 15) is 53.2 Å². The molecular formula is C68H129O17S-. The second kappa shape index (κ2) is 46.5. The van der Waals surface area contributed by atoms with Gasteiger partial charge in [0.05, 0.1) is 25.2 Å². The summed E-state index contributed by atoms with van der Waals surface area (Å²) in [4.78, 5) is 27.7. The molecule has 17 nitrogen and oxygen atoms in total. The second-order valence-corrected chi connectivity index (χ2v) is 28.6. The zero-order chi connectivity index (χ0) is 64.0. The molecule has 2 aliphatic heterocycles. The van der Waals surface area contributed by atoms with Gasteiger partial charge in [-0.2, -0.15) is 0 Å². The summed E-state index contributed by atoms with van der Waals surface area (Å²) < 4.78 is 69.2. The predicted octanol–water partition coefficient (Wildman–Crippen LogP) is 13.3. The van der Waals surface area contributed by atoms with E-state index in [0.29, 0.717) is 48.3 Å². The van der Waals surface area contributed by atoms with Gasteiger partial charge in [-0.25, -0.2) is 8.42 Å². The Hall–Kier alpha value is -1.55. The summed E-state index contributed by atoms with van der Waals surface area (Å²) in [6.07, 6.45) is 20.3. The number of aliphatic hydroxyl groups is 6. The molecular weight excluding hydrogens is 1120 g/mol. The van der Waals surface area contributed by atoms with E-state index in [4.69, 9.17) is 23.7 Å². The van der Waals surface area contributed by atoms with Crippen molar-refractivity contribution in [1.29, 1.82) is 0 Å². The van der Waals surface area contributed by atoms with Crippen LogP contribution in [0.1, 0.15) is 294 Å². The Morgan fingerprint density at radius 3 is 1.23 bits per heavy atom. The van der Waals surface area contributed by atoms with Crippen LogP contribution in [0.2, 0.25) is 0 Å². The van der Waals surface area contributed by atoms with Crippen molar-refractivity contribution in [3.8, 4) is 0 Å². The standard InChI is InChI=1S/C68H130O17S/c1-11-13-15-17-19-21-23-25-27-29-31-33-35-37-56(71)54(9)44-52(7)42-50(5)40-48(3)39-49(4)41-51(6)43-53(8)45-55(10)66(76)83-63-61(74)58(47-70)81-68(84-67-64(85-86(77,78)79)62(75)60(73)57(46-69)80-67)65(63)82-59(72)38-36-34-32-30-28-26-24-22-20-18-16-14-12-2/h48-58,60-65,67-71,73-75H,11-47H2,1-10H3,(H,77,78,79)/p-1/t48-,49+,50-,51+,52-,53+,54-,55+,56-,57-,58-,60-,61-,62+,63+,64-,65-,67-,68-/m1/s1. The number of ether oxygens (including phenoxy) is 5. The molecule has 510 valence electrons. The van der Waals surface area contributed by atoms with Crippen molar-refractivity contribution >= 4 is 22.3 Å². The van der Waals surface area contributed by atoms with Crippen LogP contribution in [0, 0.1) is 47.3 Å². The van der Waals surface area contributed by atoms with Gasteiger partial charge in [-0.15, -0.1) is 0 Å². The summed E-state index contributed by atoms with van der Waals surface area (Å²) in [5.41, 5.74) is 0. The lowest BCUT2D eigenvalue weighted by atomic mass is 9.80. The number of rotatable bonds is 52. The van der Waals surface area contributed by atoms with Crippen LogP contribution >= 0.6 is 0 Å². The normalized spacial score (nSPS) is 26.1. The van der Waals surface area contributed by atoms with E-state index in [-0.39, 0.29) is 18.4 Å². The average Bonchev–Trinajstić information content (AvgIpc) is 3.03. The molecule has 86 heavy (non-hydrogen) atoms. The van der Waals surface area contributed by atoms with Gasteiger partial charge in [0, 0.05) is 6.42 Å². The molecule has 0 aliphatic carbocycles. The molecule has 0 radical (unpaired) electrons. The lowest BCUT2D eigenvalue weighted by Gasteiger charge is -2.46. The Balaban J connectivity index is 1.96. The van der Waals surface area contributed by atoms with E-state index >= 15 is 0 Å². The van der Waals surface area contributed by atoms with Gasteiger partial charge in [-0.05, 0) is 99.2 Å². The fourth-order valence-electron chi connectivity index (χ4n) is 13.9. The maximum Gasteiger partial charge on any atom is 0.309 e. The first kappa shape index (κ1) is 80.5. The van der Waals surface area contributed by atoms with E-state index in [1.807, 2.05) is 0 Å². The third-order valence-electron chi connectivity index (χ3n) is 18.3. The molecule has 2 saturated heterocycles. The molecule has 0 aromatic carbocycles. The van der Waals surface area contributed by atoms with E-state index < -0.39 is 103 Å². The number of hydrogen-bond donors (Lipinski definition) is 6. The molecule has 6 N–H and O–H groups in total. The number of hydrogen-bond acceptors (Lipinski definition) is 17. The Kier molecular flexibility index (Phi) is 43.6. The van der Waals surface area contributed by atoms with Crippen molar-refractivity contribution < 1.29 is 81.1 Å². The Bertz CT molecular complexity index is 1810. The summed E-state index contributed by atoms with van der Waals surface area (Å²) in [5, 5.41) is 64.3. The van der Waals surface area contributed by atoms with Crippen LogP contribution in [-0.2, 0) is 47.9 Å². The molecule has 0 aromatic rings. The highest BCUT2D eigenvalue weighted by Crippen LogP contribution is 2.35. The summed E-state index contributed by atoms with van der Waals surface area (Å²) in [6.45, 7) is 20.4. The minimum atomic E-state index is -5.57. The van der Waals surface area contributed by atoms with Crippen molar-refractivity contribution in [3.63, 3.8) is 0 Å². The summed E-state index contributed by atoms with van der Waals surface area (Å²) in [6, 6.07) is 0. The first-order valence-corrected chi connectivity index (χ1v) is 36.2. The van der Waals surface area contributed by atoms with Crippen molar-refractivity contribution in [2.75, 3.05) is 13.2 Å². The van der Waals surface area contributed by atoms with Gasteiger partial charge in [-0.1, -0.05) is 230 Å². The fraction of sp³-hybridized carbons (Fsp3) is 0.971. The molecule has 0 unspecified atom stereocenters. The largest absolute Gasteiger partial charge is 0.726 e. The van der Waals surface area contributed by atoms with Crippen LogP contribution < -0.4 is 0 Å². The van der Waals surface area contributed by atoms with E-state index in [2.05, 4.69) is 66.5 Å². The summed E-state index contributed by atoms with van der Waals surface area (Å²) in [5.74, 6) is 0.815. The SMILES string of the molecule is CCCCCCCCCCCCCCCC(=O)O[C@H]1[C@@H](O[C@H]2O[C@H](CO)[C@@H](O)[C@H](O)[C@H]2OS(=O)(=O)[O-])O[C@H](CO)[C@@H](O)[C@@H]1OC(=O)[C@@H](C)C[C@@H](C)C[C@@H](C)C[C@@H](C)C[C@@H](C)C[C@@H](C)C[C@@H](C)C[C@@H](C)[C@H](O)CCCCCCCCCCCCCCC. The highest BCUT2D eigenvalue weighted by molar-refractivity contribution is 7.80. The van der Waals surface area contributed by atoms with Gasteiger partial charge >= 0.3 is 11.9 Å². The quantitative estimate of drug-likeness (QED) is 0.0143. The molecule has 0 amide bonds. The number of esters is 2. The van der Waals surface area contributed by atoms with Gasteiger partial charge in [0.1, 0.15) is 30.5 Å². The third-order valence-corrected chi connectivity index (χ3v) is 18.8. The Labute approximate surface area is 523 Å². The van der Waals surface area contributed by atoms with Crippen molar-refractivity contribution in [3.05, 3.63) is 0 Å². The first-order chi connectivity index (χ1) is 40.9. The molecule has 0 bridgehead atoms. The van der Waals surface area contributed by atoms with Crippen LogP contribution in [0.25, 0.3) is 0 Å². The monoisotopic (exact) mass is 1250 g/mol. The zero-order valence-electron chi connectivity index (χ0n) is 55.7. The summed E-state index contributed by atoms with van der Waals surface area (Å²) >= 11 is 0. The van der Waals surface area contributed by atoms with Crippen LogP contribution in [0.15, 0.2) is 0 Å². The summed E-state index contributed by atoms with van der Waals surface area (Å²) in [7, 11) is -5.57. The third kappa shape index (κ3) is 34.8. The smallest absolute Gasteiger partial charge is 0.309 e. The predicted molar refractivity (Wildman–Crippen MR) is 337 cm³/mol. The van der Waals surface area contributed by atoms with Gasteiger partial charge in [0.25, 0.3) is 0 Å². The van der Waals surface area contributed by atoms with Crippen LogP contribution in [0.5, 0.6) is 0 Å². The van der Waals surface area contributed by atoms with Crippen molar-refractivity contribution in [1.82, 2.24) is 0 Å². The molecule has 0 spiro atoms. The van der Waals surface area contributed by atoms with Crippen LogP contribution in [-0.4, -0.2) is 136 Å². The van der Waals surface area contributed by atoms with Gasteiger partial charge in [0.2, 0.25) is 16.7 Å². The number of aliphatic hydroxyl groups excluding tert-OH is 6. The van der Waals surface area contributed by atoms with Crippen LogP contribution in [0.3, 0.4) is 0 Å². The molecule has 2 rings (SSSR count). The second-order valence-electron chi connectivity index (χ2n) is 27.6. The highest BCUT2D eigenvalue weighted by Gasteiger charge is 2.54. The zero-order valence-corrected chi connectivity index (χ0v) is 56.5. The minimum Gasteiger partial charge on any atom is -0.726 e. The Morgan fingerprint density at radius 2 is 0.826 bits per heavy atom. The van der Waals surface area contributed by atoms with Gasteiger partial charge in [-0.3, -0.25) is 13.8 Å². The fourth-order valence-corrected chi connectivity index (χ4v) is 14.3. The first-order valence-electron chi connectivity index (χ1n) is 34.9.